The van der Waals surface area contributed by atoms with Crippen molar-refractivity contribution < 1.29 is 9.59 Å². The van der Waals surface area contributed by atoms with Crippen LogP contribution in [0.4, 0.5) is 5.69 Å². The van der Waals surface area contributed by atoms with Crippen molar-refractivity contribution in [3.8, 4) is 0 Å². The second-order valence-corrected chi connectivity index (χ2v) is 5.75. The van der Waals surface area contributed by atoms with E-state index in [1.165, 1.54) is 16.2 Å². The fourth-order valence-corrected chi connectivity index (χ4v) is 2.63. The van der Waals surface area contributed by atoms with Gasteiger partial charge in [0.05, 0.1) is 13.0 Å². The molecule has 4 N–H and O–H groups in total. The zero-order chi connectivity index (χ0) is 15.2. The van der Waals surface area contributed by atoms with Crippen LogP contribution in [0, 0.1) is 0 Å². The predicted octanol–water partition coefficient (Wildman–Crippen LogP) is 1.39. The molecule has 1 heterocycles. The van der Waals surface area contributed by atoms with E-state index >= 15 is 0 Å². The van der Waals surface area contributed by atoms with E-state index in [-0.39, 0.29) is 18.9 Å². The van der Waals surface area contributed by atoms with Gasteiger partial charge in [-0.1, -0.05) is 18.2 Å². The summed E-state index contributed by atoms with van der Waals surface area (Å²) in [6.07, 6.45) is 0.278. The lowest BCUT2D eigenvalue weighted by Crippen LogP contribution is -2.38. The number of benzene rings is 1. The molecule has 0 saturated carbocycles. The molecule has 0 unspecified atom stereocenters. The van der Waals surface area contributed by atoms with Crippen LogP contribution in [0.1, 0.15) is 10.4 Å². The molecule has 1 aromatic heterocycles. The molecule has 0 bridgehead atoms. The summed E-state index contributed by atoms with van der Waals surface area (Å²) in [7, 11) is 0. The van der Waals surface area contributed by atoms with Gasteiger partial charge in [0.15, 0.2) is 0 Å². The Kier molecular flexibility index (Phi) is 4.94. The Morgan fingerprint density at radius 1 is 1.14 bits per heavy atom. The molecule has 21 heavy (non-hydrogen) atoms. The molecule has 110 valence electrons. The molecular formula is C15H17N3O2S. The maximum absolute atomic E-state index is 12.3. The number of hydrogen-bond acceptors (Lipinski definition) is 4. The molecule has 0 aliphatic carbocycles. The van der Waals surface area contributed by atoms with Crippen molar-refractivity contribution >= 4 is 28.8 Å². The fraction of sp³-hybridized carbons (Fsp3) is 0.200. The van der Waals surface area contributed by atoms with Crippen LogP contribution in [0.3, 0.4) is 0 Å². The average molecular weight is 303 g/mol. The Morgan fingerprint density at radius 2 is 1.86 bits per heavy atom. The van der Waals surface area contributed by atoms with Crippen LogP contribution in [0.2, 0.25) is 0 Å². The van der Waals surface area contributed by atoms with E-state index in [9.17, 15) is 9.59 Å². The van der Waals surface area contributed by atoms with Gasteiger partial charge in [-0.15, -0.1) is 11.3 Å². The molecule has 0 fully saturated rings. The zero-order valence-corrected chi connectivity index (χ0v) is 12.3. The minimum atomic E-state index is -0.523. The number of nitrogens with two attached hydrogens (primary N) is 2. The van der Waals surface area contributed by atoms with Crippen LogP contribution in [-0.2, 0) is 22.6 Å². The average Bonchev–Trinajstić information content (AvgIpc) is 2.93. The molecule has 5 nitrogen and oxygen atoms in total. The molecule has 0 atom stereocenters. The highest BCUT2D eigenvalue weighted by atomic mass is 32.1. The van der Waals surface area contributed by atoms with Crippen LogP contribution < -0.4 is 11.5 Å². The van der Waals surface area contributed by atoms with E-state index in [0.29, 0.717) is 12.2 Å². The molecule has 0 aliphatic rings. The maximum Gasteiger partial charge on any atom is 0.237 e. The molecular weight excluding hydrogens is 286 g/mol. The highest BCUT2D eigenvalue weighted by Crippen LogP contribution is 2.13. The lowest BCUT2D eigenvalue weighted by Gasteiger charge is -2.21. The minimum absolute atomic E-state index is 0.0887. The van der Waals surface area contributed by atoms with Gasteiger partial charge >= 0.3 is 0 Å². The number of carbonyl (C=O) groups is 2. The summed E-state index contributed by atoms with van der Waals surface area (Å²) in [4.78, 5) is 25.9. The van der Waals surface area contributed by atoms with E-state index in [2.05, 4.69) is 0 Å². The lowest BCUT2D eigenvalue weighted by atomic mass is 10.2. The van der Waals surface area contributed by atoms with E-state index < -0.39 is 5.91 Å². The first kappa shape index (κ1) is 15.1. The van der Waals surface area contributed by atoms with Gasteiger partial charge in [0.1, 0.15) is 0 Å². The number of thiophene rings is 1. The summed E-state index contributed by atoms with van der Waals surface area (Å²) >= 11 is 1.52. The Bertz CT molecular complexity index is 608. The van der Waals surface area contributed by atoms with Crippen LogP contribution >= 0.6 is 11.3 Å². The summed E-state index contributed by atoms with van der Waals surface area (Å²) in [6.45, 7) is 0.252. The standard InChI is InChI=1S/C15H17N3O2S/c16-12-5-3-11(4-6-12)9-18(10-14(17)19)15(20)8-13-2-1-7-21-13/h1-7H,8-10,16H2,(H2,17,19). The van der Waals surface area contributed by atoms with E-state index in [1.807, 2.05) is 29.6 Å². The van der Waals surface area contributed by atoms with Gasteiger partial charge < -0.3 is 16.4 Å². The topological polar surface area (TPSA) is 89.4 Å². The summed E-state index contributed by atoms with van der Waals surface area (Å²) in [5, 5.41) is 1.92. The van der Waals surface area contributed by atoms with Gasteiger partial charge in [-0.25, -0.2) is 0 Å². The summed E-state index contributed by atoms with van der Waals surface area (Å²) in [5.41, 5.74) is 12.4. The summed E-state index contributed by atoms with van der Waals surface area (Å²) in [5.74, 6) is -0.641. The fourth-order valence-electron chi connectivity index (χ4n) is 1.94. The van der Waals surface area contributed by atoms with Crippen molar-refractivity contribution in [3.05, 3.63) is 52.2 Å². The summed E-state index contributed by atoms with van der Waals surface area (Å²) in [6, 6.07) is 11.0. The number of rotatable bonds is 6. The van der Waals surface area contributed by atoms with Crippen LogP contribution in [-0.4, -0.2) is 23.3 Å². The van der Waals surface area contributed by atoms with Crippen molar-refractivity contribution in [1.29, 1.82) is 0 Å². The molecule has 0 radical (unpaired) electrons. The maximum atomic E-state index is 12.3. The number of nitrogen functional groups attached to an aromatic ring is 1. The third-order valence-corrected chi connectivity index (χ3v) is 3.83. The van der Waals surface area contributed by atoms with E-state index in [0.717, 1.165) is 10.4 Å². The highest BCUT2D eigenvalue weighted by Gasteiger charge is 2.17. The molecule has 6 heteroatoms. The monoisotopic (exact) mass is 303 g/mol. The second-order valence-electron chi connectivity index (χ2n) is 4.71. The molecule has 2 amide bonds. The van der Waals surface area contributed by atoms with Crippen LogP contribution in [0.25, 0.3) is 0 Å². The van der Waals surface area contributed by atoms with E-state index in [1.54, 1.807) is 12.1 Å². The molecule has 0 saturated heterocycles. The van der Waals surface area contributed by atoms with Gasteiger partial charge in [-0.2, -0.15) is 0 Å². The van der Waals surface area contributed by atoms with Crippen molar-refractivity contribution in [1.82, 2.24) is 4.90 Å². The van der Waals surface area contributed by atoms with Gasteiger partial charge in [0, 0.05) is 17.1 Å². The first-order chi connectivity index (χ1) is 10.0. The Hall–Kier alpha value is -2.34. The van der Waals surface area contributed by atoms with E-state index in [4.69, 9.17) is 11.5 Å². The number of anilines is 1. The SMILES string of the molecule is NC(=O)CN(Cc1ccc(N)cc1)C(=O)Cc1cccs1. The van der Waals surface area contributed by atoms with Crippen LogP contribution in [0.15, 0.2) is 41.8 Å². The Morgan fingerprint density at radius 3 is 2.43 bits per heavy atom. The zero-order valence-electron chi connectivity index (χ0n) is 11.5. The van der Waals surface area contributed by atoms with Gasteiger partial charge in [-0.05, 0) is 29.1 Å². The smallest absolute Gasteiger partial charge is 0.237 e. The number of amides is 2. The predicted molar refractivity (Wildman–Crippen MR) is 83.5 cm³/mol. The van der Waals surface area contributed by atoms with Crippen molar-refractivity contribution in [2.45, 2.75) is 13.0 Å². The number of primary amides is 1. The first-order valence-corrected chi connectivity index (χ1v) is 7.35. The molecule has 0 spiro atoms. The Balaban J connectivity index is 2.07. The highest BCUT2D eigenvalue weighted by molar-refractivity contribution is 7.10. The minimum Gasteiger partial charge on any atom is -0.399 e. The number of carbonyl (C=O) groups excluding carboxylic acids is 2. The third-order valence-electron chi connectivity index (χ3n) is 2.96. The van der Waals surface area contributed by atoms with Crippen molar-refractivity contribution in [3.63, 3.8) is 0 Å². The van der Waals surface area contributed by atoms with Crippen molar-refractivity contribution in [2.75, 3.05) is 12.3 Å². The number of hydrogen-bond donors (Lipinski definition) is 2. The normalized spacial score (nSPS) is 10.3. The van der Waals surface area contributed by atoms with Gasteiger partial charge in [0.2, 0.25) is 11.8 Å². The molecule has 2 aromatic rings. The third kappa shape index (κ3) is 4.61. The quantitative estimate of drug-likeness (QED) is 0.790. The first-order valence-electron chi connectivity index (χ1n) is 6.47. The molecule has 2 rings (SSSR count). The molecule has 1 aromatic carbocycles. The Labute approximate surface area is 127 Å². The van der Waals surface area contributed by atoms with Crippen molar-refractivity contribution in [2.24, 2.45) is 5.73 Å². The van der Waals surface area contributed by atoms with Crippen LogP contribution in [0.5, 0.6) is 0 Å². The summed E-state index contributed by atoms with van der Waals surface area (Å²) < 4.78 is 0. The lowest BCUT2D eigenvalue weighted by molar-refractivity contribution is -0.135. The molecule has 0 aliphatic heterocycles. The largest absolute Gasteiger partial charge is 0.399 e. The van der Waals surface area contributed by atoms with Gasteiger partial charge in [-0.3, -0.25) is 9.59 Å². The number of nitrogens with zero attached hydrogens (tertiary/aromatic N) is 1. The second kappa shape index (κ2) is 6.90. The van der Waals surface area contributed by atoms with Gasteiger partial charge in [0.25, 0.3) is 0 Å².